The van der Waals surface area contributed by atoms with Gasteiger partial charge in [0.05, 0.1) is 18.1 Å². The topological polar surface area (TPSA) is 51.8 Å². The summed E-state index contributed by atoms with van der Waals surface area (Å²) in [6.45, 7) is 0. The molecular formula is C8H6FN3. The van der Waals surface area contributed by atoms with Crippen LogP contribution in [0.25, 0.3) is 10.9 Å². The van der Waals surface area contributed by atoms with Crippen molar-refractivity contribution >= 4 is 16.6 Å². The normalized spacial score (nSPS) is 10.4. The first-order valence-corrected chi connectivity index (χ1v) is 3.42. The number of rotatable bonds is 0. The zero-order chi connectivity index (χ0) is 8.55. The van der Waals surface area contributed by atoms with Gasteiger partial charge in [-0.15, -0.1) is 0 Å². The molecule has 2 rings (SSSR count). The Morgan fingerprint density at radius 3 is 2.92 bits per heavy atom. The van der Waals surface area contributed by atoms with Crippen molar-refractivity contribution in [2.75, 3.05) is 5.73 Å². The van der Waals surface area contributed by atoms with E-state index in [2.05, 4.69) is 9.97 Å². The molecule has 3 nitrogen and oxygen atoms in total. The number of nitrogens with two attached hydrogens (primary N) is 1. The highest BCUT2D eigenvalue weighted by atomic mass is 19.1. The summed E-state index contributed by atoms with van der Waals surface area (Å²) in [7, 11) is 0. The van der Waals surface area contributed by atoms with Gasteiger partial charge in [-0.3, -0.25) is 9.97 Å². The van der Waals surface area contributed by atoms with Crippen LogP contribution in [-0.4, -0.2) is 9.97 Å². The molecule has 0 bridgehead atoms. The van der Waals surface area contributed by atoms with Gasteiger partial charge in [0.1, 0.15) is 5.52 Å². The Labute approximate surface area is 68.1 Å². The second-order valence-electron chi connectivity index (χ2n) is 2.46. The van der Waals surface area contributed by atoms with Gasteiger partial charge in [0, 0.05) is 11.6 Å². The third kappa shape index (κ3) is 0.972. The predicted octanol–water partition coefficient (Wildman–Crippen LogP) is 1.35. The molecule has 0 aromatic carbocycles. The molecule has 0 aliphatic carbocycles. The summed E-state index contributed by atoms with van der Waals surface area (Å²) in [6, 6.07) is 1.64. The number of nitrogen functional groups attached to an aromatic ring is 1. The van der Waals surface area contributed by atoms with Crippen LogP contribution in [0.15, 0.2) is 24.7 Å². The van der Waals surface area contributed by atoms with Crippen molar-refractivity contribution in [3.05, 3.63) is 30.5 Å². The third-order valence-electron chi connectivity index (χ3n) is 1.57. The van der Waals surface area contributed by atoms with E-state index < -0.39 is 5.82 Å². The zero-order valence-electron chi connectivity index (χ0n) is 6.16. The van der Waals surface area contributed by atoms with Crippen molar-refractivity contribution in [3.8, 4) is 0 Å². The van der Waals surface area contributed by atoms with Gasteiger partial charge >= 0.3 is 0 Å². The molecule has 0 unspecified atom stereocenters. The standard InChI is InChI=1S/C8H6FN3/c9-7-4-11-2-5-1-6(10)3-12-8(5)7/h1-4H,10H2. The number of anilines is 1. The highest BCUT2D eigenvalue weighted by Gasteiger charge is 2.00. The molecule has 0 amide bonds. The van der Waals surface area contributed by atoms with Gasteiger partial charge in [-0.05, 0) is 6.07 Å². The first kappa shape index (κ1) is 6.97. The van der Waals surface area contributed by atoms with E-state index in [0.29, 0.717) is 16.6 Å². The maximum atomic E-state index is 13.0. The van der Waals surface area contributed by atoms with E-state index in [9.17, 15) is 4.39 Å². The van der Waals surface area contributed by atoms with E-state index in [-0.39, 0.29) is 0 Å². The maximum Gasteiger partial charge on any atom is 0.167 e. The van der Waals surface area contributed by atoms with Crippen molar-refractivity contribution < 1.29 is 4.39 Å². The number of aromatic nitrogens is 2. The summed E-state index contributed by atoms with van der Waals surface area (Å²) in [5, 5.41) is 0.620. The summed E-state index contributed by atoms with van der Waals surface area (Å²) in [4.78, 5) is 7.52. The Kier molecular flexibility index (Phi) is 1.40. The van der Waals surface area contributed by atoms with E-state index in [1.807, 2.05) is 0 Å². The average Bonchev–Trinajstić information content (AvgIpc) is 2.04. The number of nitrogens with zero attached hydrogens (tertiary/aromatic N) is 2. The first-order valence-electron chi connectivity index (χ1n) is 3.42. The van der Waals surface area contributed by atoms with Crippen LogP contribution in [0.4, 0.5) is 10.1 Å². The minimum Gasteiger partial charge on any atom is -0.397 e. The lowest BCUT2D eigenvalue weighted by Crippen LogP contribution is -1.90. The van der Waals surface area contributed by atoms with Crippen LogP contribution in [0.5, 0.6) is 0 Å². The molecule has 0 saturated heterocycles. The van der Waals surface area contributed by atoms with Gasteiger partial charge in [0.15, 0.2) is 5.82 Å². The van der Waals surface area contributed by atoms with Crippen molar-refractivity contribution in [2.24, 2.45) is 0 Å². The minimum atomic E-state index is -0.424. The van der Waals surface area contributed by atoms with Crippen LogP contribution in [0.1, 0.15) is 0 Å². The van der Waals surface area contributed by atoms with Crippen LogP contribution in [0.2, 0.25) is 0 Å². The molecule has 2 aromatic heterocycles. The number of halogens is 1. The van der Waals surface area contributed by atoms with E-state index in [1.54, 1.807) is 6.07 Å². The molecule has 0 fully saturated rings. The minimum absolute atomic E-state index is 0.305. The number of pyridine rings is 2. The molecular weight excluding hydrogens is 157 g/mol. The lowest BCUT2D eigenvalue weighted by molar-refractivity contribution is 0.631. The highest BCUT2D eigenvalue weighted by molar-refractivity contribution is 5.80. The Hall–Kier alpha value is -1.71. The molecule has 0 radical (unpaired) electrons. The van der Waals surface area contributed by atoms with Crippen molar-refractivity contribution in [1.29, 1.82) is 0 Å². The average molecular weight is 163 g/mol. The van der Waals surface area contributed by atoms with Gasteiger partial charge in [-0.2, -0.15) is 0 Å². The molecule has 4 heteroatoms. The summed E-state index contributed by atoms with van der Waals surface area (Å²) >= 11 is 0. The molecule has 0 aliphatic rings. The van der Waals surface area contributed by atoms with Crippen molar-refractivity contribution in [2.45, 2.75) is 0 Å². The van der Waals surface area contributed by atoms with Gasteiger partial charge in [0.2, 0.25) is 0 Å². The summed E-state index contributed by atoms with van der Waals surface area (Å²) in [5.41, 5.74) is 6.28. The number of fused-ring (bicyclic) bond motifs is 1. The van der Waals surface area contributed by atoms with Crippen LogP contribution in [-0.2, 0) is 0 Å². The zero-order valence-corrected chi connectivity index (χ0v) is 6.16. The molecule has 2 N–H and O–H groups in total. The summed E-state index contributed by atoms with van der Waals surface area (Å²) in [5.74, 6) is -0.424. The maximum absolute atomic E-state index is 13.0. The monoisotopic (exact) mass is 163 g/mol. The Morgan fingerprint density at radius 2 is 2.08 bits per heavy atom. The second kappa shape index (κ2) is 2.41. The fourth-order valence-electron chi connectivity index (χ4n) is 1.04. The Balaban J connectivity index is 2.86. The summed E-state index contributed by atoms with van der Waals surface area (Å²) < 4.78 is 13.0. The Bertz CT molecular complexity index is 428. The van der Waals surface area contributed by atoms with Crippen LogP contribution >= 0.6 is 0 Å². The number of hydrogen-bond donors (Lipinski definition) is 1. The van der Waals surface area contributed by atoms with Crippen LogP contribution in [0.3, 0.4) is 0 Å². The molecule has 60 valence electrons. The van der Waals surface area contributed by atoms with Gasteiger partial charge in [0.25, 0.3) is 0 Å². The van der Waals surface area contributed by atoms with Gasteiger partial charge in [-0.1, -0.05) is 0 Å². The number of hydrogen-bond acceptors (Lipinski definition) is 3. The van der Waals surface area contributed by atoms with E-state index >= 15 is 0 Å². The fourth-order valence-corrected chi connectivity index (χ4v) is 1.04. The highest BCUT2D eigenvalue weighted by Crippen LogP contribution is 2.15. The van der Waals surface area contributed by atoms with Gasteiger partial charge in [-0.25, -0.2) is 4.39 Å². The van der Waals surface area contributed by atoms with E-state index in [0.717, 1.165) is 6.20 Å². The molecule has 0 atom stereocenters. The van der Waals surface area contributed by atoms with Crippen molar-refractivity contribution in [1.82, 2.24) is 9.97 Å². The second-order valence-corrected chi connectivity index (χ2v) is 2.46. The predicted molar refractivity (Wildman–Crippen MR) is 43.9 cm³/mol. The lowest BCUT2D eigenvalue weighted by atomic mass is 10.2. The smallest absolute Gasteiger partial charge is 0.167 e. The van der Waals surface area contributed by atoms with Crippen LogP contribution < -0.4 is 5.73 Å². The SMILES string of the molecule is Nc1cnc2c(F)cncc2c1. The molecule has 12 heavy (non-hydrogen) atoms. The molecule has 2 aromatic rings. The first-order chi connectivity index (χ1) is 5.77. The van der Waals surface area contributed by atoms with Gasteiger partial charge < -0.3 is 5.73 Å². The molecule has 0 aliphatic heterocycles. The van der Waals surface area contributed by atoms with Crippen LogP contribution in [0, 0.1) is 5.82 Å². The Morgan fingerprint density at radius 1 is 1.25 bits per heavy atom. The molecule has 0 spiro atoms. The van der Waals surface area contributed by atoms with E-state index in [4.69, 9.17) is 5.73 Å². The molecule has 0 saturated carbocycles. The van der Waals surface area contributed by atoms with E-state index in [1.165, 1.54) is 12.4 Å². The fraction of sp³-hybridized carbons (Fsp3) is 0. The largest absolute Gasteiger partial charge is 0.397 e. The molecule has 2 heterocycles. The quantitative estimate of drug-likeness (QED) is 0.637. The summed E-state index contributed by atoms with van der Waals surface area (Å²) in [6.07, 6.45) is 4.08. The lowest BCUT2D eigenvalue weighted by Gasteiger charge is -1.97. The third-order valence-corrected chi connectivity index (χ3v) is 1.57. The van der Waals surface area contributed by atoms with Crippen molar-refractivity contribution in [3.63, 3.8) is 0 Å².